The zero-order valence-electron chi connectivity index (χ0n) is 11.3. The van der Waals surface area contributed by atoms with Crippen molar-refractivity contribution in [1.29, 1.82) is 5.26 Å². The average molecular weight is 254 g/mol. The highest BCUT2D eigenvalue weighted by Gasteiger charge is 2.01. The molecule has 0 bridgehead atoms. The van der Waals surface area contributed by atoms with E-state index in [0.29, 0.717) is 19.0 Å². The summed E-state index contributed by atoms with van der Waals surface area (Å²) in [5, 5.41) is 16.4. The number of benzene rings is 1. The van der Waals surface area contributed by atoms with Crippen LogP contribution in [0.3, 0.4) is 0 Å². The fraction of sp³-hybridized carbons (Fsp3) is 0.333. The molecule has 4 heteroatoms. The quantitative estimate of drug-likeness (QED) is 0.891. The SMILES string of the molecule is CC(C)n1ccc(CNc2ccc(CC#N)cc2)n1. The third-order valence-corrected chi connectivity index (χ3v) is 2.90. The standard InChI is InChI=1S/C15H18N4/c1-12(2)19-10-8-15(18-19)11-17-14-5-3-13(4-6-14)7-9-16/h3-6,8,10,12,17H,7,11H2,1-2H3. The number of rotatable bonds is 5. The van der Waals surface area contributed by atoms with E-state index in [4.69, 9.17) is 5.26 Å². The number of nitrogens with one attached hydrogen (secondary N) is 1. The zero-order valence-corrected chi connectivity index (χ0v) is 11.3. The molecule has 4 nitrogen and oxygen atoms in total. The average Bonchev–Trinajstić information content (AvgIpc) is 2.87. The van der Waals surface area contributed by atoms with E-state index in [1.807, 2.05) is 41.2 Å². The molecule has 0 saturated carbocycles. The van der Waals surface area contributed by atoms with Crippen LogP contribution >= 0.6 is 0 Å². The second-order valence-corrected chi connectivity index (χ2v) is 4.77. The maximum absolute atomic E-state index is 8.61. The molecule has 0 aliphatic rings. The molecule has 0 unspecified atom stereocenters. The minimum Gasteiger partial charge on any atom is -0.379 e. The van der Waals surface area contributed by atoms with E-state index in [9.17, 15) is 0 Å². The molecule has 98 valence electrons. The first kappa shape index (κ1) is 13.2. The van der Waals surface area contributed by atoms with Gasteiger partial charge in [0.05, 0.1) is 24.7 Å². The van der Waals surface area contributed by atoms with E-state index < -0.39 is 0 Å². The molecule has 0 amide bonds. The van der Waals surface area contributed by atoms with Crippen LogP contribution in [0.25, 0.3) is 0 Å². The molecule has 2 aromatic rings. The maximum Gasteiger partial charge on any atom is 0.0815 e. The van der Waals surface area contributed by atoms with Gasteiger partial charge in [-0.2, -0.15) is 10.4 Å². The van der Waals surface area contributed by atoms with Crippen LogP contribution in [-0.4, -0.2) is 9.78 Å². The Morgan fingerprint density at radius 1 is 1.26 bits per heavy atom. The molecule has 0 aliphatic carbocycles. The van der Waals surface area contributed by atoms with Gasteiger partial charge < -0.3 is 5.32 Å². The Labute approximate surface area is 113 Å². The van der Waals surface area contributed by atoms with Crippen LogP contribution < -0.4 is 5.32 Å². The summed E-state index contributed by atoms with van der Waals surface area (Å²) in [5.74, 6) is 0. The first-order valence-corrected chi connectivity index (χ1v) is 6.43. The van der Waals surface area contributed by atoms with Crippen LogP contribution in [0.2, 0.25) is 0 Å². The minimum atomic E-state index is 0.388. The first-order chi connectivity index (χ1) is 9.19. The minimum absolute atomic E-state index is 0.388. The molecule has 0 spiro atoms. The van der Waals surface area contributed by atoms with Crippen LogP contribution in [0, 0.1) is 11.3 Å². The third kappa shape index (κ3) is 3.59. The number of anilines is 1. The van der Waals surface area contributed by atoms with Crippen molar-refractivity contribution >= 4 is 5.69 Å². The molecular weight excluding hydrogens is 236 g/mol. The Morgan fingerprint density at radius 3 is 2.58 bits per heavy atom. The van der Waals surface area contributed by atoms with Gasteiger partial charge in [0.25, 0.3) is 0 Å². The lowest BCUT2D eigenvalue weighted by Crippen LogP contribution is -2.04. The van der Waals surface area contributed by atoms with Gasteiger partial charge in [0, 0.05) is 17.9 Å². The van der Waals surface area contributed by atoms with Gasteiger partial charge in [-0.25, -0.2) is 0 Å². The summed E-state index contributed by atoms with van der Waals surface area (Å²) < 4.78 is 1.95. The van der Waals surface area contributed by atoms with E-state index in [-0.39, 0.29) is 0 Å². The van der Waals surface area contributed by atoms with Crippen LogP contribution in [0.5, 0.6) is 0 Å². The molecule has 1 heterocycles. The Bertz CT molecular complexity index is 561. The number of nitrogens with zero attached hydrogens (tertiary/aromatic N) is 3. The lowest BCUT2D eigenvalue weighted by molar-refractivity contribution is 0.527. The van der Waals surface area contributed by atoms with Crippen molar-refractivity contribution in [1.82, 2.24) is 9.78 Å². The molecule has 2 rings (SSSR count). The van der Waals surface area contributed by atoms with Gasteiger partial charge in [-0.05, 0) is 37.6 Å². The molecule has 0 radical (unpaired) electrons. The van der Waals surface area contributed by atoms with Gasteiger partial charge >= 0.3 is 0 Å². The van der Waals surface area contributed by atoms with Gasteiger partial charge in [-0.15, -0.1) is 0 Å². The molecule has 19 heavy (non-hydrogen) atoms. The van der Waals surface area contributed by atoms with E-state index in [1.165, 1.54) is 0 Å². The van der Waals surface area contributed by atoms with Crippen molar-refractivity contribution in [3.8, 4) is 6.07 Å². The van der Waals surface area contributed by atoms with Gasteiger partial charge in [-0.3, -0.25) is 4.68 Å². The molecule has 0 fully saturated rings. The lowest BCUT2D eigenvalue weighted by Gasteiger charge is -2.06. The van der Waals surface area contributed by atoms with Crippen LogP contribution in [0.1, 0.15) is 31.1 Å². The molecular formula is C15H18N4. The summed E-state index contributed by atoms with van der Waals surface area (Å²) in [7, 11) is 0. The molecule has 1 N–H and O–H groups in total. The van der Waals surface area contributed by atoms with E-state index in [2.05, 4.69) is 30.3 Å². The first-order valence-electron chi connectivity index (χ1n) is 6.43. The summed E-state index contributed by atoms with van der Waals surface area (Å²) in [6, 6.07) is 12.5. The predicted octanol–water partition coefficient (Wildman–Crippen LogP) is 3.14. The highest BCUT2D eigenvalue weighted by Crippen LogP contribution is 2.11. The van der Waals surface area contributed by atoms with Crippen molar-refractivity contribution in [2.75, 3.05) is 5.32 Å². The number of nitriles is 1. The van der Waals surface area contributed by atoms with Crippen molar-refractivity contribution in [2.45, 2.75) is 32.9 Å². The Morgan fingerprint density at radius 2 is 2.00 bits per heavy atom. The number of hydrogen-bond donors (Lipinski definition) is 1. The maximum atomic E-state index is 8.61. The van der Waals surface area contributed by atoms with Crippen LogP contribution in [0.4, 0.5) is 5.69 Å². The monoisotopic (exact) mass is 254 g/mol. The van der Waals surface area contributed by atoms with E-state index in [1.54, 1.807) is 0 Å². The van der Waals surface area contributed by atoms with Gasteiger partial charge in [-0.1, -0.05) is 12.1 Å². The summed E-state index contributed by atoms with van der Waals surface area (Å²) >= 11 is 0. The van der Waals surface area contributed by atoms with Crippen LogP contribution in [-0.2, 0) is 13.0 Å². The van der Waals surface area contributed by atoms with Gasteiger partial charge in [0.15, 0.2) is 0 Å². The molecule has 0 atom stereocenters. The van der Waals surface area contributed by atoms with Crippen LogP contribution in [0.15, 0.2) is 36.5 Å². The smallest absolute Gasteiger partial charge is 0.0815 e. The summed E-state index contributed by atoms with van der Waals surface area (Å²) in [4.78, 5) is 0. The fourth-order valence-corrected chi connectivity index (χ4v) is 1.78. The summed E-state index contributed by atoms with van der Waals surface area (Å²) in [5.41, 5.74) is 3.10. The topological polar surface area (TPSA) is 53.6 Å². The summed E-state index contributed by atoms with van der Waals surface area (Å²) in [6.45, 7) is 4.92. The number of aromatic nitrogens is 2. The predicted molar refractivity (Wildman–Crippen MR) is 75.7 cm³/mol. The van der Waals surface area contributed by atoms with Crippen molar-refractivity contribution in [3.63, 3.8) is 0 Å². The third-order valence-electron chi connectivity index (χ3n) is 2.90. The molecule has 0 saturated heterocycles. The lowest BCUT2D eigenvalue weighted by atomic mass is 10.1. The second kappa shape index (κ2) is 6.05. The van der Waals surface area contributed by atoms with Gasteiger partial charge in [0.1, 0.15) is 0 Å². The van der Waals surface area contributed by atoms with Crippen molar-refractivity contribution in [2.24, 2.45) is 0 Å². The van der Waals surface area contributed by atoms with E-state index >= 15 is 0 Å². The highest BCUT2D eigenvalue weighted by atomic mass is 15.3. The van der Waals surface area contributed by atoms with Gasteiger partial charge in [0.2, 0.25) is 0 Å². The Hall–Kier alpha value is -2.28. The molecule has 1 aromatic carbocycles. The van der Waals surface area contributed by atoms with E-state index in [0.717, 1.165) is 16.9 Å². The Kier molecular flexibility index (Phi) is 4.19. The fourth-order valence-electron chi connectivity index (χ4n) is 1.78. The molecule has 1 aromatic heterocycles. The van der Waals surface area contributed by atoms with Crippen molar-refractivity contribution in [3.05, 3.63) is 47.8 Å². The zero-order chi connectivity index (χ0) is 13.7. The second-order valence-electron chi connectivity index (χ2n) is 4.77. The summed E-state index contributed by atoms with van der Waals surface area (Å²) in [6.07, 6.45) is 2.46. The molecule has 0 aliphatic heterocycles. The largest absolute Gasteiger partial charge is 0.379 e. The highest BCUT2D eigenvalue weighted by molar-refractivity contribution is 5.45. The normalized spacial score (nSPS) is 10.4. The van der Waals surface area contributed by atoms with Crippen molar-refractivity contribution < 1.29 is 0 Å². The Balaban J connectivity index is 1.92. The number of hydrogen-bond acceptors (Lipinski definition) is 3.